The lowest BCUT2D eigenvalue weighted by Crippen LogP contribution is -2.12. The number of phenolic OH excluding ortho intramolecular Hbond substituents is 1. The van der Waals surface area contributed by atoms with Crippen LogP contribution in [0.15, 0.2) is 66.9 Å². The molecular formula is C22H17F3N4O2. The molecule has 0 atom stereocenters. The summed E-state index contributed by atoms with van der Waals surface area (Å²) in [5, 5.41) is 17.4. The number of ether oxygens (including phenoxy) is 1. The number of aromatic hydroxyl groups is 1. The largest absolute Gasteiger partial charge is 0.506 e. The van der Waals surface area contributed by atoms with Crippen LogP contribution in [0, 0.1) is 0 Å². The number of halogens is 3. The van der Waals surface area contributed by atoms with Crippen molar-refractivity contribution < 1.29 is 23.0 Å². The minimum atomic E-state index is -4.66. The van der Waals surface area contributed by atoms with E-state index in [4.69, 9.17) is 4.74 Å². The van der Waals surface area contributed by atoms with Gasteiger partial charge in [-0.1, -0.05) is 30.3 Å². The molecule has 3 aromatic carbocycles. The molecule has 3 N–H and O–H groups in total. The standard InChI is InChI=1S/C22H17F3N4O2/c1-31-16-8-4-7-15(11-16)27-20-17(22(23,24)25)12-26-21(29-20)28-18-9-13-5-2-3-6-14(13)10-19(18)30/h2-12,30H,1H3,(H2,26,27,28,29). The Hall–Kier alpha value is -4.01. The molecule has 0 radical (unpaired) electrons. The highest BCUT2D eigenvalue weighted by atomic mass is 19.4. The van der Waals surface area contributed by atoms with Crippen LogP contribution in [0.2, 0.25) is 0 Å². The first-order chi connectivity index (χ1) is 14.8. The van der Waals surface area contributed by atoms with Crippen molar-refractivity contribution in [2.45, 2.75) is 6.18 Å². The van der Waals surface area contributed by atoms with Crippen LogP contribution in [0.4, 0.5) is 36.3 Å². The van der Waals surface area contributed by atoms with Crippen LogP contribution < -0.4 is 15.4 Å². The van der Waals surface area contributed by atoms with E-state index in [-0.39, 0.29) is 17.4 Å². The molecule has 0 fully saturated rings. The molecule has 1 heterocycles. The lowest BCUT2D eigenvalue weighted by atomic mass is 10.1. The molecular weight excluding hydrogens is 409 g/mol. The Morgan fingerprint density at radius 1 is 0.935 bits per heavy atom. The molecule has 4 rings (SSSR count). The van der Waals surface area contributed by atoms with Gasteiger partial charge in [0.1, 0.15) is 22.9 Å². The van der Waals surface area contributed by atoms with Crippen molar-refractivity contribution in [1.29, 1.82) is 0 Å². The number of anilines is 4. The summed E-state index contributed by atoms with van der Waals surface area (Å²) in [6, 6.07) is 17.0. The number of benzene rings is 3. The minimum absolute atomic E-state index is 0.0792. The van der Waals surface area contributed by atoms with E-state index in [2.05, 4.69) is 20.6 Å². The number of nitrogens with zero attached hydrogens (tertiary/aromatic N) is 2. The fraction of sp³-hybridized carbons (Fsp3) is 0.0909. The van der Waals surface area contributed by atoms with Crippen molar-refractivity contribution >= 4 is 33.9 Å². The Morgan fingerprint density at radius 2 is 1.68 bits per heavy atom. The number of methoxy groups -OCH3 is 1. The first-order valence-corrected chi connectivity index (χ1v) is 9.17. The Bertz CT molecular complexity index is 1250. The molecule has 0 bridgehead atoms. The van der Waals surface area contributed by atoms with E-state index in [1.807, 2.05) is 24.3 Å². The van der Waals surface area contributed by atoms with Crippen LogP contribution in [0.25, 0.3) is 10.8 Å². The highest BCUT2D eigenvalue weighted by molar-refractivity contribution is 5.89. The summed E-state index contributed by atoms with van der Waals surface area (Å²) < 4.78 is 45.6. The van der Waals surface area contributed by atoms with Gasteiger partial charge in [0.05, 0.1) is 12.8 Å². The number of hydrogen-bond acceptors (Lipinski definition) is 6. The van der Waals surface area contributed by atoms with E-state index in [0.717, 1.165) is 10.8 Å². The second-order valence-corrected chi connectivity index (χ2v) is 6.65. The van der Waals surface area contributed by atoms with E-state index in [0.29, 0.717) is 17.6 Å². The number of phenols is 1. The van der Waals surface area contributed by atoms with Gasteiger partial charge in [-0.05, 0) is 35.0 Å². The second-order valence-electron chi connectivity index (χ2n) is 6.65. The third kappa shape index (κ3) is 4.45. The summed E-state index contributed by atoms with van der Waals surface area (Å²) in [4.78, 5) is 7.78. The van der Waals surface area contributed by atoms with Crippen LogP contribution in [0.1, 0.15) is 5.56 Å². The molecule has 0 amide bonds. The smallest absolute Gasteiger partial charge is 0.421 e. The maximum Gasteiger partial charge on any atom is 0.421 e. The van der Waals surface area contributed by atoms with E-state index < -0.39 is 17.6 Å². The molecule has 0 spiro atoms. The summed E-state index contributed by atoms with van der Waals surface area (Å²) in [6.07, 6.45) is -3.97. The summed E-state index contributed by atoms with van der Waals surface area (Å²) in [6.45, 7) is 0. The maximum atomic E-state index is 13.5. The van der Waals surface area contributed by atoms with E-state index >= 15 is 0 Å². The summed E-state index contributed by atoms with van der Waals surface area (Å²) in [7, 11) is 1.46. The number of nitrogens with one attached hydrogen (secondary N) is 2. The van der Waals surface area contributed by atoms with Gasteiger partial charge in [0.15, 0.2) is 0 Å². The maximum absolute atomic E-state index is 13.5. The SMILES string of the molecule is COc1cccc(Nc2nc(Nc3cc4ccccc4cc3O)ncc2C(F)(F)F)c1. The zero-order valence-corrected chi connectivity index (χ0v) is 16.2. The Balaban J connectivity index is 1.71. The Morgan fingerprint density at radius 3 is 2.39 bits per heavy atom. The van der Waals surface area contributed by atoms with Crippen LogP contribution >= 0.6 is 0 Å². The normalized spacial score (nSPS) is 11.4. The number of rotatable bonds is 5. The highest BCUT2D eigenvalue weighted by Crippen LogP contribution is 2.36. The van der Waals surface area contributed by atoms with Crippen LogP contribution in [-0.2, 0) is 6.18 Å². The van der Waals surface area contributed by atoms with Gasteiger partial charge in [-0.3, -0.25) is 0 Å². The zero-order chi connectivity index (χ0) is 22.0. The first-order valence-electron chi connectivity index (χ1n) is 9.17. The zero-order valence-electron chi connectivity index (χ0n) is 16.2. The van der Waals surface area contributed by atoms with E-state index in [9.17, 15) is 18.3 Å². The van der Waals surface area contributed by atoms with Crippen molar-refractivity contribution in [3.8, 4) is 11.5 Å². The lowest BCUT2D eigenvalue weighted by molar-refractivity contribution is -0.137. The van der Waals surface area contributed by atoms with Gasteiger partial charge in [0, 0.05) is 18.0 Å². The van der Waals surface area contributed by atoms with Crippen molar-refractivity contribution in [2.75, 3.05) is 17.7 Å². The van der Waals surface area contributed by atoms with Gasteiger partial charge in [-0.15, -0.1) is 0 Å². The molecule has 0 aliphatic rings. The number of alkyl halides is 3. The molecule has 6 nitrogen and oxygen atoms in total. The van der Waals surface area contributed by atoms with Gasteiger partial charge in [-0.25, -0.2) is 4.98 Å². The molecule has 9 heteroatoms. The predicted octanol–water partition coefficient (Wildman–Crippen LogP) is 5.85. The van der Waals surface area contributed by atoms with Gasteiger partial charge in [0.25, 0.3) is 0 Å². The molecule has 0 aliphatic carbocycles. The summed E-state index contributed by atoms with van der Waals surface area (Å²) in [5.41, 5.74) is -0.391. The third-order valence-corrected chi connectivity index (χ3v) is 4.54. The predicted molar refractivity (Wildman–Crippen MR) is 112 cm³/mol. The second kappa shape index (κ2) is 8.02. The van der Waals surface area contributed by atoms with Gasteiger partial charge < -0.3 is 20.5 Å². The molecule has 31 heavy (non-hydrogen) atoms. The number of hydrogen-bond donors (Lipinski definition) is 3. The van der Waals surface area contributed by atoms with Crippen LogP contribution in [0.5, 0.6) is 11.5 Å². The van der Waals surface area contributed by atoms with E-state index in [1.54, 1.807) is 36.4 Å². The fourth-order valence-electron chi connectivity index (χ4n) is 3.03. The molecule has 158 valence electrons. The Labute approximate surface area is 175 Å². The van der Waals surface area contributed by atoms with E-state index in [1.165, 1.54) is 7.11 Å². The molecule has 0 aliphatic heterocycles. The number of aromatic nitrogens is 2. The van der Waals surface area contributed by atoms with Crippen molar-refractivity contribution in [3.63, 3.8) is 0 Å². The van der Waals surface area contributed by atoms with Gasteiger partial charge in [0.2, 0.25) is 5.95 Å². The average Bonchev–Trinajstić information content (AvgIpc) is 2.74. The van der Waals surface area contributed by atoms with Gasteiger partial charge in [-0.2, -0.15) is 18.2 Å². The quantitative estimate of drug-likeness (QED) is 0.348. The third-order valence-electron chi connectivity index (χ3n) is 4.54. The summed E-state index contributed by atoms with van der Waals surface area (Å²) in [5.74, 6) is -0.140. The minimum Gasteiger partial charge on any atom is -0.506 e. The molecule has 0 saturated carbocycles. The Kier molecular flexibility index (Phi) is 5.24. The monoisotopic (exact) mass is 426 g/mol. The van der Waals surface area contributed by atoms with Crippen molar-refractivity contribution in [1.82, 2.24) is 9.97 Å². The average molecular weight is 426 g/mol. The van der Waals surface area contributed by atoms with Gasteiger partial charge >= 0.3 is 6.18 Å². The van der Waals surface area contributed by atoms with Crippen LogP contribution in [0.3, 0.4) is 0 Å². The lowest BCUT2D eigenvalue weighted by Gasteiger charge is -2.16. The van der Waals surface area contributed by atoms with Crippen LogP contribution in [-0.4, -0.2) is 22.2 Å². The molecule has 0 unspecified atom stereocenters. The van der Waals surface area contributed by atoms with Crippen molar-refractivity contribution in [3.05, 3.63) is 72.4 Å². The summed E-state index contributed by atoms with van der Waals surface area (Å²) >= 11 is 0. The molecule has 1 aromatic heterocycles. The molecule has 4 aromatic rings. The van der Waals surface area contributed by atoms with Crippen molar-refractivity contribution in [2.24, 2.45) is 0 Å². The first kappa shape index (κ1) is 20.3. The number of fused-ring (bicyclic) bond motifs is 1. The molecule has 0 saturated heterocycles. The topological polar surface area (TPSA) is 79.3 Å². The highest BCUT2D eigenvalue weighted by Gasteiger charge is 2.35. The fourth-order valence-corrected chi connectivity index (χ4v) is 3.03.